The lowest BCUT2D eigenvalue weighted by atomic mass is 9.93. The van der Waals surface area contributed by atoms with Crippen molar-refractivity contribution in [3.05, 3.63) is 40.4 Å². The van der Waals surface area contributed by atoms with Gasteiger partial charge in [0.1, 0.15) is 12.4 Å². The van der Waals surface area contributed by atoms with Gasteiger partial charge in [0, 0.05) is 5.02 Å². The molecule has 0 bridgehead atoms. The summed E-state index contributed by atoms with van der Waals surface area (Å²) in [5.74, 6) is -0.477. The Morgan fingerprint density at radius 1 is 1.13 bits per heavy atom. The van der Waals surface area contributed by atoms with Crippen LogP contribution in [0.4, 0.5) is 0 Å². The van der Waals surface area contributed by atoms with Crippen molar-refractivity contribution in [1.29, 1.82) is 0 Å². The second kappa shape index (κ2) is 8.73. The molecule has 124 valence electrons. The normalized spacial score (nSPS) is 14.5. The number of allylic oxidation sites excluding steroid dienone is 1. The fourth-order valence-corrected chi connectivity index (χ4v) is 2.65. The summed E-state index contributed by atoms with van der Waals surface area (Å²) in [7, 11) is 0. The highest BCUT2D eigenvalue weighted by Gasteiger charge is 2.13. The molecule has 1 aliphatic rings. The average molecular weight is 337 g/mol. The summed E-state index contributed by atoms with van der Waals surface area (Å²) in [6.45, 7) is 2.43. The molecule has 0 fully saturated rings. The van der Waals surface area contributed by atoms with Gasteiger partial charge in [0.05, 0.1) is 12.8 Å². The number of carbonyl (C=O) groups is 2. The zero-order chi connectivity index (χ0) is 16.7. The molecule has 0 saturated heterocycles. The fourth-order valence-electron chi connectivity index (χ4n) is 2.47. The molecule has 0 aliphatic heterocycles. The number of carbonyl (C=O) groups excluding carboxylic acids is 2. The first-order chi connectivity index (χ1) is 11.0. The molecule has 0 N–H and O–H groups in total. The van der Waals surface area contributed by atoms with E-state index in [2.05, 4.69) is 6.92 Å². The molecule has 0 amide bonds. The number of hydrogen-bond acceptors (Lipinski definition) is 4. The minimum Gasteiger partial charge on any atom is -0.461 e. The van der Waals surface area contributed by atoms with E-state index in [-0.39, 0.29) is 18.8 Å². The average Bonchev–Trinajstić information content (AvgIpc) is 2.52. The first-order valence-electron chi connectivity index (χ1n) is 7.84. The quantitative estimate of drug-likeness (QED) is 0.437. The number of rotatable bonds is 6. The predicted octanol–water partition coefficient (Wildman–Crippen LogP) is 4.46. The summed E-state index contributed by atoms with van der Waals surface area (Å²) in [5.41, 5.74) is 2.54. The number of halogens is 1. The molecule has 0 spiro atoms. The molecule has 0 aromatic heterocycles. The third-order valence-corrected chi connectivity index (χ3v) is 4.09. The van der Waals surface area contributed by atoms with Gasteiger partial charge in [0.2, 0.25) is 0 Å². The van der Waals surface area contributed by atoms with Crippen LogP contribution in [-0.4, -0.2) is 18.5 Å². The Hall–Kier alpha value is -1.81. The second-order valence-corrected chi connectivity index (χ2v) is 6.12. The molecule has 2 rings (SSSR count). The summed E-state index contributed by atoms with van der Waals surface area (Å²) in [6, 6.07) is 6.58. The van der Waals surface area contributed by atoms with Crippen molar-refractivity contribution in [2.75, 3.05) is 6.61 Å². The van der Waals surface area contributed by atoms with Crippen molar-refractivity contribution in [2.24, 2.45) is 0 Å². The lowest BCUT2D eigenvalue weighted by Gasteiger charge is -2.17. The van der Waals surface area contributed by atoms with Gasteiger partial charge in [-0.3, -0.25) is 9.59 Å². The van der Waals surface area contributed by atoms with Crippen LogP contribution in [0.25, 0.3) is 0 Å². The Balaban J connectivity index is 1.70. The standard InChI is InChI=1S/C18H21ClO4/c1-13-5-2-3-6-14(13)12-22-17(20)9-10-18(21)23-16-8-4-7-15(19)11-16/h4,7-8,11H,2-3,5-6,9-10,12H2,1H3. The van der Waals surface area contributed by atoms with Gasteiger partial charge in [-0.15, -0.1) is 0 Å². The minimum absolute atomic E-state index is 0.0105. The van der Waals surface area contributed by atoms with E-state index in [0.29, 0.717) is 17.4 Å². The first kappa shape index (κ1) is 17.5. The van der Waals surface area contributed by atoms with Gasteiger partial charge in [-0.1, -0.05) is 23.2 Å². The van der Waals surface area contributed by atoms with Gasteiger partial charge in [-0.25, -0.2) is 0 Å². The topological polar surface area (TPSA) is 52.6 Å². The third-order valence-electron chi connectivity index (χ3n) is 3.85. The lowest BCUT2D eigenvalue weighted by molar-refractivity contribution is -0.146. The number of benzene rings is 1. The van der Waals surface area contributed by atoms with Gasteiger partial charge in [-0.05, 0) is 56.4 Å². The van der Waals surface area contributed by atoms with Crippen LogP contribution in [0.3, 0.4) is 0 Å². The van der Waals surface area contributed by atoms with E-state index in [1.54, 1.807) is 24.3 Å². The van der Waals surface area contributed by atoms with E-state index >= 15 is 0 Å². The Morgan fingerprint density at radius 3 is 2.61 bits per heavy atom. The van der Waals surface area contributed by atoms with Crippen molar-refractivity contribution >= 4 is 23.5 Å². The molecule has 0 heterocycles. The lowest BCUT2D eigenvalue weighted by Crippen LogP contribution is -2.14. The Kier molecular flexibility index (Phi) is 6.66. The van der Waals surface area contributed by atoms with Gasteiger partial charge in [0.25, 0.3) is 0 Å². The molecular weight excluding hydrogens is 316 g/mol. The molecule has 4 nitrogen and oxygen atoms in total. The maximum Gasteiger partial charge on any atom is 0.311 e. The number of esters is 2. The maximum absolute atomic E-state index is 11.7. The predicted molar refractivity (Wildman–Crippen MR) is 88.4 cm³/mol. The van der Waals surface area contributed by atoms with Gasteiger partial charge < -0.3 is 9.47 Å². The van der Waals surface area contributed by atoms with Crippen LogP contribution in [0.2, 0.25) is 5.02 Å². The summed E-state index contributed by atoms with van der Waals surface area (Å²) in [5, 5.41) is 0.492. The van der Waals surface area contributed by atoms with Crippen LogP contribution in [0.1, 0.15) is 45.4 Å². The highest BCUT2D eigenvalue weighted by atomic mass is 35.5. The van der Waals surface area contributed by atoms with E-state index < -0.39 is 5.97 Å². The molecule has 0 atom stereocenters. The molecule has 5 heteroatoms. The highest BCUT2D eigenvalue weighted by Crippen LogP contribution is 2.24. The van der Waals surface area contributed by atoms with Crippen molar-refractivity contribution in [3.63, 3.8) is 0 Å². The van der Waals surface area contributed by atoms with Crippen LogP contribution in [0.15, 0.2) is 35.4 Å². The van der Waals surface area contributed by atoms with Crippen molar-refractivity contribution in [3.8, 4) is 5.75 Å². The summed E-state index contributed by atoms with van der Waals surface area (Å²) < 4.78 is 10.4. The van der Waals surface area contributed by atoms with Gasteiger partial charge in [0.15, 0.2) is 0 Å². The molecule has 23 heavy (non-hydrogen) atoms. The Morgan fingerprint density at radius 2 is 1.87 bits per heavy atom. The van der Waals surface area contributed by atoms with Crippen LogP contribution < -0.4 is 4.74 Å². The van der Waals surface area contributed by atoms with Crippen LogP contribution >= 0.6 is 11.6 Å². The summed E-state index contributed by atoms with van der Waals surface area (Å²) >= 11 is 5.81. The van der Waals surface area contributed by atoms with Crippen molar-refractivity contribution in [1.82, 2.24) is 0 Å². The van der Waals surface area contributed by atoms with Crippen molar-refractivity contribution in [2.45, 2.75) is 45.4 Å². The second-order valence-electron chi connectivity index (χ2n) is 5.68. The smallest absolute Gasteiger partial charge is 0.311 e. The molecule has 0 unspecified atom stereocenters. The largest absolute Gasteiger partial charge is 0.461 e. The SMILES string of the molecule is CC1=C(COC(=O)CCC(=O)Oc2cccc(Cl)c2)CCCC1. The van der Waals surface area contributed by atoms with E-state index in [4.69, 9.17) is 21.1 Å². The Bertz CT molecular complexity index is 607. The molecule has 0 radical (unpaired) electrons. The van der Waals surface area contributed by atoms with E-state index in [0.717, 1.165) is 19.3 Å². The highest BCUT2D eigenvalue weighted by molar-refractivity contribution is 6.30. The Labute approximate surface area is 141 Å². The number of ether oxygens (including phenoxy) is 2. The van der Waals surface area contributed by atoms with E-state index in [9.17, 15) is 9.59 Å². The van der Waals surface area contributed by atoms with E-state index in [1.807, 2.05) is 0 Å². The monoisotopic (exact) mass is 336 g/mol. The van der Waals surface area contributed by atoms with Gasteiger partial charge >= 0.3 is 11.9 Å². The zero-order valence-corrected chi connectivity index (χ0v) is 14.0. The van der Waals surface area contributed by atoms with Crippen LogP contribution in [0.5, 0.6) is 5.75 Å². The summed E-state index contributed by atoms with van der Waals surface area (Å²) in [4.78, 5) is 23.4. The fraction of sp³-hybridized carbons (Fsp3) is 0.444. The third kappa shape index (κ3) is 6.06. The van der Waals surface area contributed by atoms with E-state index in [1.165, 1.54) is 17.6 Å². The molecule has 1 aromatic carbocycles. The molecule has 1 aromatic rings. The molecular formula is C18H21ClO4. The summed E-state index contributed by atoms with van der Waals surface area (Å²) in [6.07, 6.45) is 4.44. The van der Waals surface area contributed by atoms with Crippen molar-refractivity contribution < 1.29 is 19.1 Å². The number of hydrogen-bond donors (Lipinski definition) is 0. The van der Waals surface area contributed by atoms with Crippen LogP contribution in [-0.2, 0) is 14.3 Å². The molecule has 1 aliphatic carbocycles. The maximum atomic E-state index is 11.7. The first-order valence-corrected chi connectivity index (χ1v) is 8.22. The minimum atomic E-state index is -0.475. The zero-order valence-electron chi connectivity index (χ0n) is 13.3. The van der Waals surface area contributed by atoms with Gasteiger partial charge in [-0.2, -0.15) is 0 Å². The molecule has 0 saturated carbocycles. The van der Waals surface area contributed by atoms with Crippen LogP contribution in [0, 0.1) is 0 Å².